The Morgan fingerprint density at radius 1 is 1.39 bits per heavy atom. The Kier molecular flexibility index (Phi) is 4.84. The fourth-order valence-corrected chi connectivity index (χ4v) is 2.90. The quantitative estimate of drug-likeness (QED) is 0.886. The number of benzene rings is 1. The van der Waals surface area contributed by atoms with Crippen LogP contribution in [0.25, 0.3) is 0 Å². The molecule has 0 aliphatic rings. The van der Waals surface area contributed by atoms with E-state index in [-0.39, 0.29) is 10.9 Å². The molecule has 0 atom stereocenters. The van der Waals surface area contributed by atoms with Gasteiger partial charge in [0.1, 0.15) is 5.82 Å². The Labute approximate surface area is 108 Å². The lowest BCUT2D eigenvalue weighted by Crippen LogP contribution is -2.33. The van der Waals surface area contributed by atoms with E-state index in [1.165, 1.54) is 29.6 Å². The average Bonchev–Trinajstić information content (AvgIpc) is 2.30. The lowest BCUT2D eigenvalue weighted by molar-refractivity contribution is 0.410. The molecule has 0 bridgehead atoms. The summed E-state index contributed by atoms with van der Waals surface area (Å²) in [5.74, 6) is -0.407. The van der Waals surface area contributed by atoms with Gasteiger partial charge < -0.3 is 5.32 Å². The normalized spacial score (nSPS) is 12.4. The van der Waals surface area contributed by atoms with Gasteiger partial charge in [-0.05, 0) is 39.1 Å². The molecular formula is C12H19FN2O2S. The van der Waals surface area contributed by atoms with Crippen molar-refractivity contribution in [1.82, 2.24) is 9.62 Å². The van der Waals surface area contributed by atoms with Gasteiger partial charge in [0.15, 0.2) is 0 Å². The lowest BCUT2D eigenvalue weighted by atomic mass is 10.2. The first-order valence-electron chi connectivity index (χ1n) is 5.71. The van der Waals surface area contributed by atoms with Crippen molar-refractivity contribution in [2.75, 3.05) is 14.1 Å². The topological polar surface area (TPSA) is 49.4 Å². The Balaban J connectivity index is 3.21. The molecule has 6 heteroatoms. The average molecular weight is 274 g/mol. The summed E-state index contributed by atoms with van der Waals surface area (Å²) in [6, 6.07) is 3.71. The van der Waals surface area contributed by atoms with Crippen LogP contribution in [0.2, 0.25) is 0 Å². The van der Waals surface area contributed by atoms with Crippen molar-refractivity contribution >= 4 is 10.0 Å². The van der Waals surface area contributed by atoms with Gasteiger partial charge in [0.2, 0.25) is 10.0 Å². The molecule has 0 radical (unpaired) electrons. The summed E-state index contributed by atoms with van der Waals surface area (Å²) in [5, 5.41) is 2.81. The minimum Gasteiger partial charge on any atom is -0.316 e. The zero-order valence-corrected chi connectivity index (χ0v) is 11.9. The summed E-state index contributed by atoms with van der Waals surface area (Å²) in [5.41, 5.74) is 0.343. The molecule has 1 aromatic carbocycles. The van der Waals surface area contributed by atoms with Gasteiger partial charge in [0, 0.05) is 25.2 Å². The number of sulfonamides is 1. The Bertz CT molecular complexity index is 515. The molecule has 0 spiro atoms. The molecular weight excluding hydrogens is 255 g/mol. The summed E-state index contributed by atoms with van der Waals surface area (Å²) in [4.78, 5) is 0.116. The molecule has 102 valence electrons. The van der Waals surface area contributed by atoms with Gasteiger partial charge in [-0.25, -0.2) is 12.8 Å². The number of nitrogens with one attached hydrogen (secondary N) is 1. The van der Waals surface area contributed by atoms with Crippen LogP contribution in [0.3, 0.4) is 0 Å². The number of hydrogen-bond donors (Lipinski definition) is 1. The van der Waals surface area contributed by atoms with Crippen molar-refractivity contribution in [1.29, 1.82) is 0 Å². The van der Waals surface area contributed by atoms with E-state index in [4.69, 9.17) is 0 Å². The van der Waals surface area contributed by atoms with Crippen LogP contribution in [0.1, 0.15) is 19.4 Å². The first-order valence-corrected chi connectivity index (χ1v) is 7.15. The zero-order valence-electron chi connectivity index (χ0n) is 11.1. The third-order valence-corrected chi connectivity index (χ3v) is 4.82. The van der Waals surface area contributed by atoms with Crippen molar-refractivity contribution in [2.24, 2.45) is 0 Å². The van der Waals surface area contributed by atoms with Gasteiger partial charge >= 0.3 is 0 Å². The maximum atomic E-state index is 13.5. The van der Waals surface area contributed by atoms with E-state index >= 15 is 0 Å². The second-order valence-corrected chi connectivity index (χ2v) is 6.40. The van der Waals surface area contributed by atoms with Gasteiger partial charge in [-0.15, -0.1) is 0 Å². The maximum absolute atomic E-state index is 13.5. The highest BCUT2D eigenvalue weighted by molar-refractivity contribution is 7.89. The van der Waals surface area contributed by atoms with Crippen LogP contribution in [0.4, 0.5) is 4.39 Å². The first-order chi connectivity index (χ1) is 8.30. The van der Waals surface area contributed by atoms with Crippen molar-refractivity contribution in [3.05, 3.63) is 29.6 Å². The second kappa shape index (κ2) is 5.77. The molecule has 0 unspecified atom stereocenters. The van der Waals surface area contributed by atoms with E-state index in [0.717, 1.165) is 0 Å². The number of halogens is 1. The molecule has 0 aromatic heterocycles. The number of nitrogens with zero attached hydrogens (tertiary/aromatic N) is 1. The molecule has 0 saturated carbocycles. The van der Waals surface area contributed by atoms with Gasteiger partial charge in [-0.2, -0.15) is 4.31 Å². The summed E-state index contributed by atoms with van der Waals surface area (Å²) < 4.78 is 39.2. The van der Waals surface area contributed by atoms with Gasteiger partial charge in [-0.3, -0.25) is 0 Å². The molecule has 0 amide bonds. The first kappa shape index (κ1) is 15.1. The van der Waals surface area contributed by atoms with E-state index in [2.05, 4.69) is 5.32 Å². The van der Waals surface area contributed by atoms with Gasteiger partial charge in [0.05, 0.1) is 4.90 Å². The van der Waals surface area contributed by atoms with Crippen LogP contribution >= 0.6 is 0 Å². The molecule has 1 aromatic rings. The molecule has 0 saturated heterocycles. The predicted octanol–water partition coefficient (Wildman–Crippen LogP) is 1.57. The SMILES string of the molecule is CNCc1cc(S(=O)(=O)N(C)C(C)C)ccc1F. The fraction of sp³-hybridized carbons (Fsp3) is 0.500. The largest absolute Gasteiger partial charge is 0.316 e. The Morgan fingerprint density at radius 2 is 2.00 bits per heavy atom. The molecule has 0 aliphatic heterocycles. The van der Waals surface area contributed by atoms with Crippen molar-refractivity contribution in [3.63, 3.8) is 0 Å². The zero-order chi connectivity index (χ0) is 13.9. The summed E-state index contributed by atoms with van der Waals surface area (Å²) in [7, 11) is -0.361. The van der Waals surface area contributed by atoms with Crippen LogP contribution < -0.4 is 5.32 Å². The third kappa shape index (κ3) is 3.07. The fourth-order valence-electron chi connectivity index (χ4n) is 1.48. The molecule has 4 nitrogen and oxygen atoms in total. The highest BCUT2D eigenvalue weighted by Gasteiger charge is 2.23. The van der Waals surface area contributed by atoms with Gasteiger partial charge in [-0.1, -0.05) is 0 Å². The third-order valence-electron chi connectivity index (χ3n) is 2.79. The van der Waals surface area contributed by atoms with E-state index in [1.807, 2.05) is 0 Å². The molecule has 0 heterocycles. The van der Waals surface area contributed by atoms with E-state index in [0.29, 0.717) is 12.1 Å². The summed E-state index contributed by atoms with van der Waals surface area (Å²) in [6.07, 6.45) is 0. The minimum absolute atomic E-state index is 0.116. The smallest absolute Gasteiger partial charge is 0.243 e. The molecule has 1 N–H and O–H groups in total. The molecule has 0 aliphatic carbocycles. The summed E-state index contributed by atoms with van der Waals surface area (Å²) in [6.45, 7) is 3.87. The molecule has 0 fully saturated rings. The Morgan fingerprint density at radius 3 is 2.50 bits per heavy atom. The highest BCUT2D eigenvalue weighted by atomic mass is 32.2. The van der Waals surface area contributed by atoms with Crippen LogP contribution in [0.5, 0.6) is 0 Å². The van der Waals surface area contributed by atoms with Crippen LogP contribution in [0, 0.1) is 5.82 Å². The number of rotatable bonds is 5. The lowest BCUT2D eigenvalue weighted by Gasteiger charge is -2.21. The highest BCUT2D eigenvalue weighted by Crippen LogP contribution is 2.19. The Hall–Kier alpha value is -0.980. The van der Waals surface area contributed by atoms with Crippen LogP contribution in [-0.4, -0.2) is 32.9 Å². The van der Waals surface area contributed by atoms with Crippen LogP contribution in [0.15, 0.2) is 23.1 Å². The number of hydrogen-bond acceptors (Lipinski definition) is 3. The van der Waals surface area contributed by atoms with Gasteiger partial charge in [0.25, 0.3) is 0 Å². The predicted molar refractivity (Wildman–Crippen MR) is 69.2 cm³/mol. The van der Waals surface area contributed by atoms with E-state index in [1.54, 1.807) is 20.9 Å². The standard InChI is InChI=1S/C12H19FN2O2S/c1-9(2)15(4)18(16,17)11-5-6-12(13)10(7-11)8-14-3/h5-7,9,14H,8H2,1-4H3. The second-order valence-electron chi connectivity index (χ2n) is 4.40. The summed E-state index contributed by atoms with van der Waals surface area (Å²) >= 11 is 0. The molecule has 18 heavy (non-hydrogen) atoms. The molecule has 1 rings (SSSR count). The van der Waals surface area contributed by atoms with Crippen LogP contribution in [-0.2, 0) is 16.6 Å². The van der Waals surface area contributed by atoms with Crippen molar-refractivity contribution in [3.8, 4) is 0 Å². The monoisotopic (exact) mass is 274 g/mol. The van der Waals surface area contributed by atoms with Crippen molar-refractivity contribution in [2.45, 2.75) is 31.3 Å². The van der Waals surface area contributed by atoms with Crippen molar-refractivity contribution < 1.29 is 12.8 Å². The van der Waals surface area contributed by atoms with E-state index < -0.39 is 15.8 Å². The van der Waals surface area contributed by atoms with E-state index in [9.17, 15) is 12.8 Å². The maximum Gasteiger partial charge on any atom is 0.243 e. The minimum atomic E-state index is -3.56.